The lowest BCUT2D eigenvalue weighted by Crippen LogP contribution is -2.53. The first-order chi connectivity index (χ1) is 12.0. The molecule has 1 saturated carbocycles. The van der Waals surface area contributed by atoms with Gasteiger partial charge in [-0.25, -0.2) is 4.79 Å². The van der Waals surface area contributed by atoms with E-state index in [1.54, 1.807) is 0 Å². The van der Waals surface area contributed by atoms with E-state index in [0.29, 0.717) is 13.1 Å². The Morgan fingerprint density at radius 3 is 2.72 bits per heavy atom. The van der Waals surface area contributed by atoms with Gasteiger partial charge in [-0.3, -0.25) is 14.9 Å². The maximum atomic E-state index is 12.3. The molecule has 134 valence electrons. The highest BCUT2D eigenvalue weighted by Crippen LogP contribution is 2.40. The molecule has 0 aromatic heterocycles. The molecule has 1 aromatic rings. The molecule has 4 amide bonds. The van der Waals surface area contributed by atoms with Gasteiger partial charge in [-0.05, 0) is 25.3 Å². The summed E-state index contributed by atoms with van der Waals surface area (Å²) in [7, 11) is 0. The fraction of sp³-hybridized carbons (Fsp3) is 0.526. The van der Waals surface area contributed by atoms with Crippen molar-refractivity contribution < 1.29 is 14.4 Å². The van der Waals surface area contributed by atoms with Crippen molar-refractivity contribution in [3.63, 3.8) is 0 Å². The first kappa shape index (κ1) is 17.5. The van der Waals surface area contributed by atoms with Gasteiger partial charge in [0.2, 0.25) is 11.8 Å². The van der Waals surface area contributed by atoms with Crippen molar-refractivity contribution in [2.45, 2.75) is 44.4 Å². The van der Waals surface area contributed by atoms with E-state index in [4.69, 9.17) is 0 Å². The fourth-order valence-corrected chi connectivity index (χ4v) is 3.84. The van der Waals surface area contributed by atoms with Crippen molar-refractivity contribution in [2.24, 2.45) is 0 Å². The molecule has 25 heavy (non-hydrogen) atoms. The molecule has 0 radical (unpaired) electrons. The third-order valence-corrected chi connectivity index (χ3v) is 5.29. The second-order valence-electron chi connectivity index (χ2n) is 7.16. The van der Waals surface area contributed by atoms with Gasteiger partial charge in [-0.2, -0.15) is 0 Å². The van der Waals surface area contributed by atoms with E-state index in [1.807, 2.05) is 0 Å². The SMILES string of the molecule is Cc1cccc(C2(CNC(=O)CN3CCC(=O)NC3=O)CCCC2)c1. The molecule has 0 unspecified atom stereocenters. The van der Waals surface area contributed by atoms with Gasteiger partial charge in [-0.1, -0.05) is 42.7 Å². The zero-order valence-electron chi connectivity index (χ0n) is 14.6. The van der Waals surface area contributed by atoms with E-state index in [0.717, 1.165) is 12.8 Å². The van der Waals surface area contributed by atoms with Crippen LogP contribution in [0.25, 0.3) is 0 Å². The summed E-state index contributed by atoms with van der Waals surface area (Å²) in [4.78, 5) is 36.6. The highest BCUT2D eigenvalue weighted by Gasteiger charge is 2.36. The van der Waals surface area contributed by atoms with Crippen LogP contribution in [0.3, 0.4) is 0 Å². The van der Waals surface area contributed by atoms with Crippen LogP contribution in [0.2, 0.25) is 0 Å². The number of amides is 4. The van der Waals surface area contributed by atoms with Crippen LogP contribution in [-0.4, -0.2) is 42.4 Å². The molecular weight excluding hydrogens is 318 g/mol. The van der Waals surface area contributed by atoms with Crippen molar-refractivity contribution in [3.05, 3.63) is 35.4 Å². The fourth-order valence-electron chi connectivity index (χ4n) is 3.84. The van der Waals surface area contributed by atoms with Crippen LogP contribution < -0.4 is 10.6 Å². The smallest absolute Gasteiger partial charge is 0.324 e. The predicted octanol–water partition coefficient (Wildman–Crippen LogP) is 1.86. The lowest BCUT2D eigenvalue weighted by atomic mass is 9.78. The lowest BCUT2D eigenvalue weighted by molar-refractivity contribution is -0.125. The van der Waals surface area contributed by atoms with Crippen molar-refractivity contribution in [1.82, 2.24) is 15.5 Å². The molecule has 0 bridgehead atoms. The quantitative estimate of drug-likeness (QED) is 0.857. The molecule has 3 rings (SSSR count). The van der Waals surface area contributed by atoms with Gasteiger partial charge < -0.3 is 10.2 Å². The summed E-state index contributed by atoms with van der Waals surface area (Å²) in [5, 5.41) is 5.26. The summed E-state index contributed by atoms with van der Waals surface area (Å²) in [5.74, 6) is -0.463. The molecular formula is C19H25N3O3. The van der Waals surface area contributed by atoms with Gasteiger partial charge in [-0.15, -0.1) is 0 Å². The topological polar surface area (TPSA) is 78.5 Å². The van der Waals surface area contributed by atoms with E-state index in [-0.39, 0.29) is 30.2 Å². The third kappa shape index (κ3) is 4.00. The van der Waals surface area contributed by atoms with Gasteiger partial charge in [0.15, 0.2) is 0 Å². The molecule has 1 saturated heterocycles. The van der Waals surface area contributed by atoms with E-state index < -0.39 is 6.03 Å². The number of imide groups is 1. The van der Waals surface area contributed by atoms with Crippen molar-refractivity contribution in [2.75, 3.05) is 19.6 Å². The molecule has 2 aliphatic rings. The van der Waals surface area contributed by atoms with Crippen molar-refractivity contribution in [1.29, 1.82) is 0 Å². The lowest BCUT2D eigenvalue weighted by Gasteiger charge is -2.31. The first-order valence-corrected chi connectivity index (χ1v) is 8.91. The second kappa shape index (κ2) is 7.25. The number of rotatable bonds is 5. The van der Waals surface area contributed by atoms with Crippen molar-refractivity contribution >= 4 is 17.8 Å². The molecule has 2 fully saturated rings. The molecule has 2 N–H and O–H groups in total. The van der Waals surface area contributed by atoms with E-state index in [9.17, 15) is 14.4 Å². The van der Waals surface area contributed by atoms with E-state index >= 15 is 0 Å². The highest BCUT2D eigenvalue weighted by molar-refractivity contribution is 5.98. The number of benzene rings is 1. The van der Waals surface area contributed by atoms with Gasteiger partial charge in [0.05, 0.1) is 0 Å². The minimum Gasteiger partial charge on any atom is -0.354 e. The Bertz CT molecular complexity index is 680. The van der Waals surface area contributed by atoms with Crippen LogP contribution in [0.5, 0.6) is 0 Å². The normalized spacial score (nSPS) is 19.6. The number of hydrogen-bond donors (Lipinski definition) is 2. The summed E-state index contributed by atoms with van der Waals surface area (Å²) in [5.41, 5.74) is 2.50. The number of carbonyl (C=O) groups is 3. The number of aryl methyl sites for hydroxylation is 1. The zero-order valence-corrected chi connectivity index (χ0v) is 14.6. The van der Waals surface area contributed by atoms with Crippen LogP contribution in [0.4, 0.5) is 4.79 Å². The molecule has 1 heterocycles. The zero-order chi connectivity index (χ0) is 17.9. The van der Waals surface area contributed by atoms with Crippen molar-refractivity contribution in [3.8, 4) is 0 Å². The van der Waals surface area contributed by atoms with Crippen LogP contribution >= 0.6 is 0 Å². The van der Waals surface area contributed by atoms with E-state index in [2.05, 4.69) is 41.8 Å². The van der Waals surface area contributed by atoms with E-state index in [1.165, 1.54) is 28.9 Å². The van der Waals surface area contributed by atoms with Crippen LogP contribution in [0.1, 0.15) is 43.2 Å². The van der Waals surface area contributed by atoms with Gasteiger partial charge >= 0.3 is 6.03 Å². The number of nitrogens with one attached hydrogen (secondary N) is 2. The molecule has 1 aliphatic heterocycles. The molecule has 6 heteroatoms. The molecule has 6 nitrogen and oxygen atoms in total. The van der Waals surface area contributed by atoms with Crippen LogP contribution in [0, 0.1) is 6.92 Å². The number of urea groups is 1. The third-order valence-electron chi connectivity index (χ3n) is 5.29. The Morgan fingerprint density at radius 2 is 2.04 bits per heavy atom. The minimum absolute atomic E-state index is 0.0109. The first-order valence-electron chi connectivity index (χ1n) is 8.91. The Hall–Kier alpha value is -2.37. The molecule has 1 aromatic carbocycles. The monoisotopic (exact) mass is 343 g/mol. The number of nitrogens with zero attached hydrogens (tertiary/aromatic N) is 1. The summed E-state index contributed by atoms with van der Waals surface area (Å²) in [6, 6.07) is 8.03. The summed E-state index contributed by atoms with van der Waals surface area (Å²) in [6.45, 7) is 2.95. The average Bonchev–Trinajstić information content (AvgIpc) is 3.06. The average molecular weight is 343 g/mol. The van der Waals surface area contributed by atoms with Crippen LogP contribution in [-0.2, 0) is 15.0 Å². The molecule has 0 spiro atoms. The molecule has 0 atom stereocenters. The number of hydrogen-bond acceptors (Lipinski definition) is 3. The van der Waals surface area contributed by atoms with Crippen LogP contribution in [0.15, 0.2) is 24.3 Å². The predicted molar refractivity (Wildman–Crippen MR) is 94.1 cm³/mol. The minimum atomic E-state index is -0.485. The Kier molecular flexibility index (Phi) is 5.06. The Morgan fingerprint density at radius 1 is 1.28 bits per heavy atom. The summed E-state index contributed by atoms with van der Waals surface area (Å²) < 4.78 is 0. The maximum absolute atomic E-state index is 12.3. The standard InChI is InChI=1S/C19H25N3O3/c1-14-5-4-6-15(11-14)19(8-2-3-9-19)13-20-17(24)12-22-10-7-16(23)21-18(22)25/h4-6,11H,2-3,7-10,12-13H2,1H3,(H,20,24)(H,21,23,25). The second-order valence-corrected chi connectivity index (χ2v) is 7.16. The van der Waals surface area contributed by atoms with Gasteiger partial charge in [0, 0.05) is 24.9 Å². The van der Waals surface area contributed by atoms with Gasteiger partial charge in [0.1, 0.15) is 6.54 Å². The number of carbonyl (C=O) groups excluding carboxylic acids is 3. The summed E-state index contributed by atoms with van der Waals surface area (Å²) in [6.07, 6.45) is 4.71. The summed E-state index contributed by atoms with van der Waals surface area (Å²) >= 11 is 0. The largest absolute Gasteiger partial charge is 0.354 e. The highest BCUT2D eigenvalue weighted by atomic mass is 16.2. The Balaban J connectivity index is 1.61. The van der Waals surface area contributed by atoms with Gasteiger partial charge in [0.25, 0.3) is 0 Å². The Labute approximate surface area is 148 Å². The maximum Gasteiger partial charge on any atom is 0.324 e. The molecule has 1 aliphatic carbocycles.